The first-order valence-electron chi connectivity index (χ1n) is 5.11. The number of amides is 1. The van der Waals surface area contributed by atoms with E-state index in [2.05, 4.69) is 15.3 Å². The SMILES string of the molecule is CC(=O)NC1(c2ncc(C(=O)O)[nH]2)CCC1. The van der Waals surface area contributed by atoms with Crippen LogP contribution in [-0.4, -0.2) is 27.0 Å². The molecule has 0 bridgehead atoms. The normalized spacial score (nSPS) is 17.6. The van der Waals surface area contributed by atoms with Gasteiger partial charge in [-0.25, -0.2) is 9.78 Å². The summed E-state index contributed by atoms with van der Waals surface area (Å²) in [6.45, 7) is 1.45. The molecule has 86 valence electrons. The van der Waals surface area contributed by atoms with E-state index in [1.165, 1.54) is 13.1 Å². The number of nitrogens with one attached hydrogen (secondary N) is 2. The quantitative estimate of drug-likeness (QED) is 0.700. The van der Waals surface area contributed by atoms with Crippen molar-refractivity contribution in [1.82, 2.24) is 15.3 Å². The van der Waals surface area contributed by atoms with Crippen molar-refractivity contribution in [2.45, 2.75) is 31.7 Å². The number of carbonyl (C=O) groups is 2. The molecule has 1 fully saturated rings. The molecule has 6 heteroatoms. The van der Waals surface area contributed by atoms with Crippen LogP contribution in [0.5, 0.6) is 0 Å². The zero-order valence-corrected chi connectivity index (χ0v) is 8.91. The Labute approximate surface area is 92.1 Å². The molecule has 0 unspecified atom stereocenters. The number of aromatic nitrogens is 2. The van der Waals surface area contributed by atoms with Crippen LogP contribution in [-0.2, 0) is 10.3 Å². The fourth-order valence-corrected chi connectivity index (χ4v) is 1.96. The smallest absolute Gasteiger partial charge is 0.353 e. The molecular weight excluding hydrogens is 210 g/mol. The molecule has 1 aromatic heterocycles. The summed E-state index contributed by atoms with van der Waals surface area (Å²) in [5, 5.41) is 11.6. The van der Waals surface area contributed by atoms with E-state index in [0.29, 0.717) is 5.82 Å². The Bertz CT molecular complexity index is 434. The van der Waals surface area contributed by atoms with Crippen molar-refractivity contribution in [1.29, 1.82) is 0 Å². The summed E-state index contributed by atoms with van der Waals surface area (Å²) in [5.41, 5.74) is -0.439. The Kier molecular flexibility index (Phi) is 2.41. The zero-order chi connectivity index (χ0) is 11.8. The number of aromatic amines is 1. The number of hydrogen-bond acceptors (Lipinski definition) is 3. The van der Waals surface area contributed by atoms with E-state index in [4.69, 9.17) is 5.11 Å². The Hall–Kier alpha value is -1.85. The van der Waals surface area contributed by atoms with Crippen molar-refractivity contribution in [2.24, 2.45) is 0 Å². The monoisotopic (exact) mass is 223 g/mol. The van der Waals surface area contributed by atoms with Gasteiger partial charge in [0.1, 0.15) is 11.5 Å². The topological polar surface area (TPSA) is 95.1 Å². The summed E-state index contributed by atoms with van der Waals surface area (Å²) in [5.74, 6) is -0.643. The lowest BCUT2D eigenvalue weighted by Gasteiger charge is -2.40. The molecule has 16 heavy (non-hydrogen) atoms. The van der Waals surface area contributed by atoms with Crippen LogP contribution in [0.1, 0.15) is 42.5 Å². The van der Waals surface area contributed by atoms with Gasteiger partial charge in [0.15, 0.2) is 0 Å². The van der Waals surface area contributed by atoms with Crippen molar-refractivity contribution >= 4 is 11.9 Å². The van der Waals surface area contributed by atoms with Crippen LogP contribution in [0.4, 0.5) is 0 Å². The molecule has 0 aromatic carbocycles. The van der Waals surface area contributed by atoms with Gasteiger partial charge in [0.25, 0.3) is 0 Å². The molecule has 1 aliphatic carbocycles. The Morgan fingerprint density at radius 3 is 2.62 bits per heavy atom. The van der Waals surface area contributed by atoms with E-state index in [9.17, 15) is 9.59 Å². The zero-order valence-electron chi connectivity index (χ0n) is 8.91. The van der Waals surface area contributed by atoms with Gasteiger partial charge in [-0.3, -0.25) is 4.79 Å². The van der Waals surface area contributed by atoms with Crippen molar-refractivity contribution in [3.05, 3.63) is 17.7 Å². The van der Waals surface area contributed by atoms with Crippen molar-refractivity contribution < 1.29 is 14.7 Å². The number of carboxylic acid groups (broad SMARTS) is 1. The number of nitrogens with zero attached hydrogens (tertiary/aromatic N) is 1. The highest BCUT2D eigenvalue weighted by atomic mass is 16.4. The number of aromatic carboxylic acids is 1. The number of imidazole rings is 1. The van der Waals surface area contributed by atoms with E-state index < -0.39 is 11.5 Å². The van der Waals surface area contributed by atoms with Gasteiger partial charge in [-0.2, -0.15) is 0 Å². The number of rotatable bonds is 3. The summed E-state index contributed by atoms with van der Waals surface area (Å²) < 4.78 is 0. The minimum absolute atomic E-state index is 0.0478. The lowest BCUT2D eigenvalue weighted by Crippen LogP contribution is -2.50. The summed E-state index contributed by atoms with van der Waals surface area (Å²) in [4.78, 5) is 28.6. The second kappa shape index (κ2) is 3.62. The largest absolute Gasteiger partial charge is 0.477 e. The van der Waals surface area contributed by atoms with Crippen LogP contribution in [0.15, 0.2) is 6.20 Å². The lowest BCUT2D eigenvalue weighted by molar-refractivity contribution is -0.122. The van der Waals surface area contributed by atoms with Gasteiger partial charge in [0.2, 0.25) is 5.91 Å². The minimum Gasteiger partial charge on any atom is -0.477 e. The molecule has 0 aliphatic heterocycles. The molecule has 6 nitrogen and oxygen atoms in total. The van der Waals surface area contributed by atoms with Gasteiger partial charge in [0, 0.05) is 6.92 Å². The molecule has 1 heterocycles. The van der Waals surface area contributed by atoms with Crippen LogP contribution >= 0.6 is 0 Å². The molecule has 2 rings (SSSR count). The Morgan fingerprint density at radius 1 is 1.56 bits per heavy atom. The average Bonchev–Trinajstić information content (AvgIpc) is 2.59. The first-order chi connectivity index (χ1) is 7.53. The Morgan fingerprint density at radius 2 is 2.25 bits per heavy atom. The standard InChI is InChI=1S/C10H13N3O3/c1-6(14)13-10(3-2-4-10)9-11-5-7(12-9)8(15)16/h5H,2-4H2,1H3,(H,11,12)(H,13,14)(H,15,16). The first-order valence-corrected chi connectivity index (χ1v) is 5.11. The molecule has 0 saturated heterocycles. The highest BCUT2D eigenvalue weighted by Crippen LogP contribution is 2.39. The molecule has 1 aliphatic rings. The fraction of sp³-hybridized carbons (Fsp3) is 0.500. The summed E-state index contributed by atoms with van der Waals surface area (Å²) >= 11 is 0. The van der Waals surface area contributed by atoms with E-state index in [-0.39, 0.29) is 11.6 Å². The molecule has 0 atom stereocenters. The van der Waals surface area contributed by atoms with Crippen LogP contribution in [0.25, 0.3) is 0 Å². The molecule has 3 N–H and O–H groups in total. The fourth-order valence-electron chi connectivity index (χ4n) is 1.96. The first kappa shape index (κ1) is 10.7. The minimum atomic E-state index is -1.05. The van der Waals surface area contributed by atoms with E-state index in [0.717, 1.165) is 19.3 Å². The second-order valence-electron chi connectivity index (χ2n) is 4.07. The highest BCUT2D eigenvalue weighted by Gasteiger charge is 2.42. The maximum atomic E-state index is 11.1. The predicted molar refractivity (Wildman–Crippen MR) is 54.9 cm³/mol. The maximum Gasteiger partial charge on any atom is 0.353 e. The molecule has 1 aromatic rings. The van der Waals surface area contributed by atoms with E-state index in [1.54, 1.807) is 0 Å². The Balaban J connectivity index is 2.26. The van der Waals surface area contributed by atoms with Crippen molar-refractivity contribution in [3.8, 4) is 0 Å². The van der Waals surface area contributed by atoms with Crippen LogP contribution in [0.3, 0.4) is 0 Å². The van der Waals surface area contributed by atoms with Crippen molar-refractivity contribution in [2.75, 3.05) is 0 Å². The molecule has 0 radical (unpaired) electrons. The van der Waals surface area contributed by atoms with Gasteiger partial charge < -0.3 is 15.4 Å². The molecule has 1 amide bonds. The number of carboxylic acids is 1. The van der Waals surface area contributed by atoms with Gasteiger partial charge in [-0.05, 0) is 19.3 Å². The summed E-state index contributed by atoms with van der Waals surface area (Å²) in [6.07, 6.45) is 3.86. The van der Waals surface area contributed by atoms with Crippen LogP contribution < -0.4 is 5.32 Å². The summed E-state index contributed by atoms with van der Waals surface area (Å²) in [6, 6.07) is 0. The third-order valence-corrected chi connectivity index (χ3v) is 2.88. The second-order valence-corrected chi connectivity index (χ2v) is 4.07. The number of hydrogen-bond donors (Lipinski definition) is 3. The summed E-state index contributed by atoms with van der Waals surface area (Å²) in [7, 11) is 0. The highest BCUT2D eigenvalue weighted by molar-refractivity contribution is 5.85. The number of carbonyl (C=O) groups excluding carboxylic acids is 1. The number of H-pyrrole nitrogens is 1. The van der Waals surface area contributed by atoms with Crippen LogP contribution in [0, 0.1) is 0 Å². The molecular formula is C10H13N3O3. The lowest BCUT2D eigenvalue weighted by atomic mass is 9.76. The third-order valence-electron chi connectivity index (χ3n) is 2.88. The van der Waals surface area contributed by atoms with Gasteiger partial charge in [-0.15, -0.1) is 0 Å². The van der Waals surface area contributed by atoms with E-state index >= 15 is 0 Å². The average molecular weight is 223 g/mol. The predicted octanol–water partition coefficient (Wildman–Crippen LogP) is 0.623. The maximum absolute atomic E-state index is 11.1. The van der Waals surface area contributed by atoms with Crippen LogP contribution in [0.2, 0.25) is 0 Å². The molecule has 0 spiro atoms. The van der Waals surface area contributed by atoms with Crippen molar-refractivity contribution in [3.63, 3.8) is 0 Å². The van der Waals surface area contributed by atoms with Gasteiger partial charge >= 0.3 is 5.97 Å². The van der Waals surface area contributed by atoms with Gasteiger partial charge in [0.05, 0.1) is 11.7 Å². The molecule has 1 saturated carbocycles. The third kappa shape index (κ3) is 1.66. The van der Waals surface area contributed by atoms with Gasteiger partial charge in [-0.1, -0.05) is 0 Å². The van der Waals surface area contributed by atoms with E-state index in [1.807, 2.05) is 0 Å².